The molecule has 1 amide bonds. The number of nitrogens with one attached hydrogen (secondary N) is 1. The van der Waals surface area contributed by atoms with Crippen molar-refractivity contribution in [3.05, 3.63) is 83.7 Å². The summed E-state index contributed by atoms with van der Waals surface area (Å²) in [6, 6.07) is 18.5. The van der Waals surface area contributed by atoms with E-state index in [1.165, 1.54) is 0 Å². The van der Waals surface area contributed by atoms with Crippen molar-refractivity contribution in [2.45, 2.75) is 19.8 Å². The van der Waals surface area contributed by atoms with Crippen LogP contribution < -0.4 is 10.2 Å². The third-order valence-corrected chi connectivity index (χ3v) is 5.56. The largest absolute Gasteiger partial charge is 0.372 e. The first kappa shape index (κ1) is 22.5. The fraction of sp³-hybridized carbons (Fsp3) is 0.320. The number of amides is 1. The molecule has 0 saturated carbocycles. The van der Waals surface area contributed by atoms with E-state index in [1.807, 2.05) is 42.4 Å². The average Bonchev–Trinajstić information content (AvgIpc) is 3.26. The Morgan fingerprint density at radius 1 is 1.06 bits per heavy atom. The molecule has 1 aliphatic rings. The van der Waals surface area contributed by atoms with Crippen LogP contribution in [0.3, 0.4) is 0 Å². The van der Waals surface area contributed by atoms with E-state index < -0.39 is 0 Å². The number of ether oxygens (including phenoxy) is 1. The summed E-state index contributed by atoms with van der Waals surface area (Å²) in [5.74, 6) is 0.759. The zero-order chi connectivity index (χ0) is 23.0. The monoisotopic (exact) mass is 446 g/mol. The lowest BCUT2D eigenvalue weighted by molar-refractivity contribution is -0.120. The highest BCUT2D eigenvalue weighted by Crippen LogP contribution is 2.16. The van der Waals surface area contributed by atoms with E-state index in [9.17, 15) is 4.79 Å². The molecule has 1 N–H and O–H groups in total. The molecule has 0 aliphatic carbocycles. The molecule has 1 fully saturated rings. The number of carbonyl (C=O) groups excluding carboxylic acids is 1. The van der Waals surface area contributed by atoms with Crippen LogP contribution in [0.15, 0.2) is 72.0 Å². The second-order valence-electron chi connectivity index (χ2n) is 8.04. The van der Waals surface area contributed by atoms with Crippen molar-refractivity contribution in [3.63, 3.8) is 0 Å². The molecule has 1 aromatic heterocycles. The van der Waals surface area contributed by atoms with Gasteiger partial charge in [-0.15, -0.1) is 0 Å². The molecular formula is C25H30N6O2. The zero-order valence-corrected chi connectivity index (χ0v) is 19.1. The van der Waals surface area contributed by atoms with Crippen molar-refractivity contribution in [1.82, 2.24) is 20.0 Å². The van der Waals surface area contributed by atoms with E-state index >= 15 is 0 Å². The molecule has 8 heteroatoms. The number of hydrogen-bond acceptors (Lipinski definition) is 4. The lowest BCUT2D eigenvalue weighted by Gasteiger charge is -2.35. The Bertz CT molecular complexity index is 1100. The van der Waals surface area contributed by atoms with Crippen LogP contribution in [0.2, 0.25) is 0 Å². The number of rotatable bonds is 7. The van der Waals surface area contributed by atoms with Gasteiger partial charge in [0.25, 0.3) is 0 Å². The topological polar surface area (TPSA) is 75.0 Å². The molecule has 0 atom stereocenters. The van der Waals surface area contributed by atoms with Crippen LogP contribution in [-0.2, 0) is 36.3 Å². The fourth-order valence-corrected chi connectivity index (χ4v) is 3.88. The van der Waals surface area contributed by atoms with Crippen LogP contribution in [0.25, 0.3) is 0 Å². The molecule has 0 bridgehead atoms. The van der Waals surface area contributed by atoms with Gasteiger partial charge in [0.15, 0.2) is 5.96 Å². The predicted molar refractivity (Wildman–Crippen MR) is 129 cm³/mol. The maximum absolute atomic E-state index is 12.7. The van der Waals surface area contributed by atoms with Gasteiger partial charge in [-0.1, -0.05) is 54.6 Å². The molecule has 3 aromatic rings. The minimum atomic E-state index is 0.0368. The van der Waals surface area contributed by atoms with Gasteiger partial charge in [-0.25, -0.2) is 0 Å². The summed E-state index contributed by atoms with van der Waals surface area (Å²) in [6.45, 7) is 3.35. The van der Waals surface area contributed by atoms with Crippen LogP contribution in [-0.4, -0.2) is 53.2 Å². The van der Waals surface area contributed by atoms with Crippen molar-refractivity contribution in [2.24, 2.45) is 12.0 Å². The summed E-state index contributed by atoms with van der Waals surface area (Å²) in [7, 11) is 3.59. The minimum absolute atomic E-state index is 0.0368. The predicted octanol–water partition coefficient (Wildman–Crippen LogP) is 2.56. The summed E-state index contributed by atoms with van der Waals surface area (Å²) in [4.78, 5) is 20.9. The lowest BCUT2D eigenvalue weighted by atomic mass is 10.1. The van der Waals surface area contributed by atoms with Crippen molar-refractivity contribution in [1.29, 1.82) is 0 Å². The molecule has 33 heavy (non-hydrogen) atoms. The Balaban J connectivity index is 1.28. The second kappa shape index (κ2) is 10.8. The van der Waals surface area contributed by atoms with Gasteiger partial charge in [-0.05, 0) is 16.7 Å². The molecule has 0 radical (unpaired) electrons. The smallest absolute Gasteiger partial charge is 0.246 e. The zero-order valence-electron chi connectivity index (χ0n) is 19.1. The fourth-order valence-electron chi connectivity index (χ4n) is 3.88. The van der Waals surface area contributed by atoms with Crippen molar-refractivity contribution >= 4 is 17.6 Å². The summed E-state index contributed by atoms with van der Waals surface area (Å²) >= 11 is 0. The number of aliphatic imine (C=N–C) groups is 1. The number of aromatic nitrogens is 2. The van der Waals surface area contributed by atoms with Crippen LogP contribution in [0.4, 0.5) is 5.69 Å². The molecule has 0 unspecified atom stereocenters. The highest BCUT2D eigenvalue weighted by Gasteiger charge is 2.27. The van der Waals surface area contributed by atoms with Gasteiger partial charge in [0.1, 0.15) is 6.54 Å². The molecule has 2 heterocycles. The lowest BCUT2D eigenvalue weighted by Crippen LogP contribution is -2.55. The normalized spacial score (nSPS) is 14.6. The Morgan fingerprint density at radius 3 is 2.55 bits per heavy atom. The van der Waals surface area contributed by atoms with Crippen LogP contribution in [0, 0.1) is 0 Å². The highest BCUT2D eigenvalue weighted by molar-refractivity contribution is 5.98. The van der Waals surface area contributed by atoms with Gasteiger partial charge in [-0.2, -0.15) is 5.10 Å². The van der Waals surface area contributed by atoms with Gasteiger partial charge in [0.05, 0.1) is 25.1 Å². The molecule has 2 aromatic carbocycles. The first-order valence-corrected chi connectivity index (χ1v) is 11.1. The van der Waals surface area contributed by atoms with Crippen LogP contribution in [0.5, 0.6) is 0 Å². The first-order valence-electron chi connectivity index (χ1n) is 11.1. The maximum atomic E-state index is 12.7. The number of guanidine groups is 1. The third kappa shape index (κ3) is 5.98. The van der Waals surface area contributed by atoms with E-state index in [1.54, 1.807) is 22.8 Å². The summed E-state index contributed by atoms with van der Waals surface area (Å²) in [5, 5.41) is 7.56. The van der Waals surface area contributed by atoms with Gasteiger partial charge in [-0.3, -0.25) is 14.5 Å². The number of hydrogen-bond donors (Lipinski definition) is 1. The number of anilines is 1. The number of nitrogens with zero attached hydrogens (tertiary/aromatic N) is 5. The molecular weight excluding hydrogens is 416 g/mol. The summed E-state index contributed by atoms with van der Waals surface area (Å²) in [6.07, 6.45) is 3.58. The van der Waals surface area contributed by atoms with Gasteiger partial charge >= 0.3 is 0 Å². The van der Waals surface area contributed by atoms with E-state index in [0.717, 1.165) is 28.3 Å². The second-order valence-corrected chi connectivity index (χ2v) is 8.04. The highest BCUT2D eigenvalue weighted by atomic mass is 16.5. The first-order chi connectivity index (χ1) is 16.1. The van der Waals surface area contributed by atoms with Crippen molar-refractivity contribution in [3.8, 4) is 0 Å². The average molecular weight is 447 g/mol. The summed E-state index contributed by atoms with van der Waals surface area (Å²) in [5.41, 5.74) is 4.26. The summed E-state index contributed by atoms with van der Waals surface area (Å²) < 4.78 is 7.57. The maximum Gasteiger partial charge on any atom is 0.246 e. The standard InChI is InChI=1S/C25H30N6O2/c1-26-25(30-11-12-31(24(32)17-30)23-15-28-29(2)16-23)27-14-21-9-6-10-22(13-21)19-33-18-20-7-4-3-5-8-20/h3-10,13,15-16H,11-12,14,17-19H2,1-2H3,(H,26,27). The third-order valence-electron chi connectivity index (χ3n) is 5.56. The molecule has 1 saturated heterocycles. The molecule has 1 aliphatic heterocycles. The Kier molecular flexibility index (Phi) is 7.36. The molecule has 4 rings (SSSR count). The molecule has 172 valence electrons. The van der Waals surface area contributed by atoms with Gasteiger partial charge in [0.2, 0.25) is 5.91 Å². The quantitative estimate of drug-likeness (QED) is 0.446. The van der Waals surface area contributed by atoms with Gasteiger partial charge in [0, 0.05) is 39.9 Å². The minimum Gasteiger partial charge on any atom is -0.372 e. The number of aryl methyl sites for hydroxylation is 1. The van der Waals surface area contributed by atoms with Crippen molar-refractivity contribution in [2.75, 3.05) is 31.6 Å². The number of benzene rings is 2. The van der Waals surface area contributed by atoms with E-state index in [4.69, 9.17) is 4.74 Å². The SMILES string of the molecule is CN=C(NCc1cccc(COCc2ccccc2)c1)N1CCN(c2cnn(C)c2)C(=O)C1. The van der Waals surface area contributed by atoms with Gasteiger partial charge < -0.3 is 19.9 Å². The van der Waals surface area contributed by atoms with Crippen LogP contribution >= 0.6 is 0 Å². The Hall–Kier alpha value is -3.65. The van der Waals surface area contributed by atoms with E-state index in [2.05, 4.69) is 45.7 Å². The molecule has 0 spiro atoms. The number of piperazine rings is 1. The van der Waals surface area contributed by atoms with Crippen molar-refractivity contribution < 1.29 is 9.53 Å². The Morgan fingerprint density at radius 2 is 1.82 bits per heavy atom. The van der Waals surface area contributed by atoms with E-state index in [0.29, 0.717) is 32.8 Å². The van der Waals surface area contributed by atoms with Crippen LogP contribution in [0.1, 0.15) is 16.7 Å². The van der Waals surface area contributed by atoms with E-state index in [-0.39, 0.29) is 12.5 Å². The Labute approximate surface area is 194 Å². The molecule has 8 nitrogen and oxygen atoms in total. The number of carbonyl (C=O) groups is 1.